The summed E-state index contributed by atoms with van der Waals surface area (Å²) in [5, 5.41) is 0. The van der Waals surface area contributed by atoms with Gasteiger partial charge in [-0.25, -0.2) is 0 Å². The van der Waals surface area contributed by atoms with Crippen LogP contribution in [-0.4, -0.2) is 17.3 Å². The topological polar surface area (TPSA) is 30.7 Å². The van der Waals surface area contributed by atoms with E-state index in [-0.39, 0.29) is 5.41 Å². The highest BCUT2D eigenvalue weighted by atomic mass is 16.5. The molecule has 2 aromatic heterocycles. The maximum atomic E-state index is 11.8. The minimum absolute atomic E-state index is 0.0440. The highest BCUT2D eigenvalue weighted by Gasteiger charge is 2.21. The lowest BCUT2D eigenvalue weighted by Gasteiger charge is -2.23. The minimum Gasteiger partial charge on any atom is -0.494 e. The number of fused-ring (bicyclic) bond motifs is 1. The predicted molar refractivity (Wildman–Crippen MR) is 103 cm³/mol. The molecule has 3 aromatic rings. The zero-order chi connectivity index (χ0) is 18.2. The van der Waals surface area contributed by atoms with Crippen molar-refractivity contribution in [1.82, 2.24) is 4.40 Å². The van der Waals surface area contributed by atoms with Gasteiger partial charge in [-0.15, -0.1) is 0 Å². The number of carbonyl (C=O) groups is 1. The van der Waals surface area contributed by atoms with Gasteiger partial charge in [0, 0.05) is 22.8 Å². The third-order valence-electron chi connectivity index (χ3n) is 4.48. The summed E-state index contributed by atoms with van der Waals surface area (Å²) in [6.07, 6.45) is 2.89. The number of benzene rings is 1. The molecule has 0 N–H and O–H groups in total. The van der Waals surface area contributed by atoms with Crippen LogP contribution in [0.4, 0.5) is 0 Å². The Hall–Kier alpha value is -2.55. The van der Waals surface area contributed by atoms with Crippen LogP contribution in [0.15, 0.2) is 42.6 Å². The fourth-order valence-corrected chi connectivity index (χ4v) is 3.23. The van der Waals surface area contributed by atoms with E-state index in [0.29, 0.717) is 12.3 Å². The number of hydrogen-bond donors (Lipinski definition) is 0. The van der Waals surface area contributed by atoms with E-state index < -0.39 is 0 Å². The quantitative estimate of drug-likeness (QED) is 0.596. The molecule has 0 radical (unpaired) electrons. The van der Waals surface area contributed by atoms with Crippen LogP contribution < -0.4 is 4.74 Å². The Morgan fingerprint density at radius 1 is 1.12 bits per heavy atom. The lowest BCUT2D eigenvalue weighted by molar-refractivity contribution is 0.111. The number of carbonyl (C=O) groups excluding carboxylic acids is 1. The second kappa shape index (κ2) is 6.40. The molecule has 3 rings (SSSR count). The highest BCUT2D eigenvalue weighted by molar-refractivity contribution is 5.90. The minimum atomic E-state index is -0.0440. The molecule has 0 spiro atoms. The van der Waals surface area contributed by atoms with Gasteiger partial charge in [-0.05, 0) is 60.7 Å². The summed E-state index contributed by atoms with van der Waals surface area (Å²) in [6, 6.07) is 12.4. The van der Waals surface area contributed by atoms with Crippen molar-refractivity contribution >= 4 is 11.8 Å². The smallest absolute Gasteiger partial charge is 0.167 e. The monoisotopic (exact) mass is 335 g/mol. The SMILES string of the molecule is CCOc1ccc(-c2cc3cc(C)ccn3c2C=O)cc1C(C)(C)C. The van der Waals surface area contributed by atoms with Gasteiger partial charge in [-0.3, -0.25) is 4.79 Å². The first-order chi connectivity index (χ1) is 11.8. The van der Waals surface area contributed by atoms with Gasteiger partial charge in [0.2, 0.25) is 0 Å². The molecule has 1 aromatic carbocycles. The van der Waals surface area contributed by atoms with E-state index in [1.54, 1.807) is 0 Å². The van der Waals surface area contributed by atoms with E-state index in [9.17, 15) is 4.79 Å². The number of nitrogens with zero attached hydrogens (tertiary/aromatic N) is 1. The third kappa shape index (κ3) is 3.19. The fraction of sp³-hybridized carbons (Fsp3) is 0.318. The maximum Gasteiger partial charge on any atom is 0.167 e. The van der Waals surface area contributed by atoms with Crippen LogP contribution in [0.5, 0.6) is 5.75 Å². The summed E-state index contributed by atoms with van der Waals surface area (Å²) in [5.41, 5.74) is 5.98. The van der Waals surface area contributed by atoms with Crippen LogP contribution in [0.3, 0.4) is 0 Å². The molecule has 0 saturated heterocycles. The Bertz CT molecular complexity index is 929. The van der Waals surface area contributed by atoms with E-state index in [1.807, 2.05) is 35.7 Å². The first kappa shape index (κ1) is 17.3. The first-order valence-corrected chi connectivity index (χ1v) is 8.69. The lowest BCUT2D eigenvalue weighted by atomic mass is 9.84. The summed E-state index contributed by atoms with van der Waals surface area (Å²) >= 11 is 0. The van der Waals surface area contributed by atoms with Crippen molar-refractivity contribution in [1.29, 1.82) is 0 Å². The van der Waals surface area contributed by atoms with E-state index in [2.05, 4.69) is 45.9 Å². The molecule has 0 aliphatic heterocycles. The van der Waals surface area contributed by atoms with Crippen molar-refractivity contribution in [2.24, 2.45) is 0 Å². The normalized spacial score (nSPS) is 11.7. The zero-order valence-corrected chi connectivity index (χ0v) is 15.6. The largest absolute Gasteiger partial charge is 0.494 e. The molecular formula is C22H25NO2. The lowest BCUT2D eigenvalue weighted by Crippen LogP contribution is -2.13. The Labute approximate surface area is 149 Å². The van der Waals surface area contributed by atoms with E-state index in [4.69, 9.17) is 4.74 Å². The number of aromatic nitrogens is 1. The molecule has 0 aliphatic carbocycles. The standard InChI is InChI=1S/C22H25NO2/c1-6-25-21-8-7-16(12-19(21)22(3,4)5)18-13-17-11-15(2)9-10-23(17)20(18)14-24/h7-14H,6H2,1-5H3. The van der Waals surface area contributed by atoms with Crippen LogP contribution in [0.25, 0.3) is 16.6 Å². The molecule has 25 heavy (non-hydrogen) atoms. The molecule has 3 nitrogen and oxygen atoms in total. The van der Waals surface area contributed by atoms with Crippen LogP contribution in [0.1, 0.15) is 49.3 Å². The second-order valence-corrected chi connectivity index (χ2v) is 7.45. The van der Waals surface area contributed by atoms with E-state index >= 15 is 0 Å². The number of pyridine rings is 1. The molecule has 3 heteroatoms. The first-order valence-electron chi connectivity index (χ1n) is 8.69. The number of rotatable bonds is 4. The molecule has 130 valence electrons. The van der Waals surface area contributed by atoms with Crippen molar-refractivity contribution in [2.45, 2.75) is 40.0 Å². The van der Waals surface area contributed by atoms with Gasteiger partial charge in [-0.1, -0.05) is 26.8 Å². The summed E-state index contributed by atoms with van der Waals surface area (Å²) in [6.45, 7) is 11.2. The van der Waals surface area contributed by atoms with Gasteiger partial charge in [0.05, 0.1) is 12.3 Å². The molecular weight excluding hydrogens is 310 g/mol. The summed E-state index contributed by atoms with van der Waals surface area (Å²) in [4.78, 5) is 11.8. The Morgan fingerprint density at radius 3 is 2.52 bits per heavy atom. The molecule has 0 unspecified atom stereocenters. The number of hydrogen-bond acceptors (Lipinski definition) is 2. The summed E-state index contributed by atoms with van der Waals surface area (Å²) in [5.74, 6) is 0.908. The molecule has 0 atom stereocenters. The molecule has 0 bridgehead atoms. The van der Waals surface area contributed by atoms with Gasteiger partial charge in [0.25, 0.3) is 0 Å². The summed E-state index contributed by atoms with van der Waals surface area (Å²) < 4.78 is 7.76. The third-order valence-corrected chi connectivity index (χ3v) is 4.48. The van der Waals surface area contributed by atoms with Crippen molar-refractivity contribution in [3.05, 3.63) is 59.4 Å². The van der Waals surface area contributed by atoms with Crippen molar-refractivity contribution in [3.63, 3.8) is 0 Å². The van der Waals surface area contributed by atoms with Gasteiger partial charge >= 0.3 is 0 Å². The van der Waals surface area contributed by atoms with Crippen molar-refractivity contribution in [2.75, 3.05) is 6.61 Å². The molecule has 0 saturated carbocycles. The Balaban J connectivity index is 2.23. The number of aldehydes is 1. The van der Waals surface area contributed by atoms with Gasteiger partial charge in [-0.2, -0.15) is 0 Å². The van der Waals surface area contributed by atoms with Crippen LogP contribution in [0, 0.1) is 6.92 Å². The van der Waals surface area contributed by atoms with E-state index in [0.717, 1.165) is 34.2 Å². The fourth-order valence-electron chi connectivity index (χ4n) is 3.23. The average molecular weight is 335 g/mol. The van der Waals surface area contributed by atoms with Gasteiger partial charge in [0.1, 0.15) is 5.75 Å². The van der Waals surface area contributed by atoms with Crippen LogP contribution >= 0.6 is 0 Å². The van der Waals surface area contributed by atoms with E-state index in [1.165, 1.54) is 5.56 Å². The Morgan fingerprint density at radius 2 is 1.88 bits per heavy atom. The molecule has 0 amide bonds. The predicted octanol–water partition coefficient (Wildman–Crippen LogP) is 5.42. The second-order valence-electron chi connectivity index (χ2n) is 7.45. The number of ether oxygens (including phenoxy) is 1. The van der Waals surface area contributed by atoms with Crippen LogP contribution in [0.2, 0.25) is 0 Å². The molecule has 2 heterocycles. The van der Waals surface area contributed by atoms with Gasteiger partial charge < -0.3 is 9.14 Å². The van der Waals surface area contributed by atoms with Crippen molar-refractivity contribution < 1.29 is 9.53 Å². The molecule has 0 fully saturated rings. The molecule has 0 aliphatic rings. The maximum absolute atomic E-state index is 11.8. The average Bonchev–Trinajstić information content (AvgIpc) is 2.92. The van der Waals surface area contributed by atoms with Crippen molar-refractivity contribution in [3.8, 4) is 16.9 Å². The highest BCUT2D eigenvalue weighted by Crippen LogP contribution is 2.36. The van der Waals surface area contributed by atoms with Crippen LogP contribution in [-0.2, 0) is 5.41 Å². The summed E-state index contributed by atoms with van der Waals surface area (Å²) in [7, 11) is 0. The number of aryl methyl sites for hydroxylation is 1. The van der Waals surface area contributed by atoms with Gasteiger partial charge in [0.15, 0.2) is 6.29 Å². The zero-order valence-electron chi connectivity index (χ0n) is 15.6. The Kier molecular flexibility index (Phi) is 4.42.